The van der Waals surface area contributed by atoms with Crippen molar-refractivity contribution in [2.45, 2.75) is 31.2 Å². The minimum atomic E-state index is -3.89. The number of carbonyl (C=O) groups excluding carboxylic acids is 1. The summed E-state index contributed by atoms with van der Waals surface area (Å²) in [5.74, 6) is 0.403. The van der Waals surface area contributed by atoms with Crippen LogP contribution in [0.4, 0.5) is 0 Å². The molecule has 35 heavy (non-hydrogen) atoms. The molecule has 182 valence electrons. The Morgan fingerprint density at radius 2 is 1.60 bits per heavy atom. The predicted molar refractivity (Wildman–Crippen MR) is 137 cm³/mol. The first-order chi connectivity index (χ1) is 17.0. The SMILES string of the molecule is CCCN(CC(=O)N(CCc1ccccc1)Cc1ccco1)S(=O)(=O)c1cccc2ccccc12. The molecular weight excluding hydrogens is 460 g/mol. The largest absolute Gasteiger partial charge is 0.467 e. The van der Waals surface area contributed by atoms with Gasteiger partial charge in [0.2, 0.25) is 15.9 Å². The van der Waals surface area contributed by atoms with Crippen molar-refractivity contribution in [2.24, 2.45) is 0 Å². The van der Waals surface area contributed by atoms with Crippen LogP contribution >= 0.6 is 0 Å². The van der Waals surface area contributed by atoms with Crippen molar-refractivity contribution in [3.8, 4) is 0 Å². The quantitative estimate of drug-likeness (QED) is 0.293. The smallest absolute Gasteiger partial charge is 0.244 e. The van der Waals surface area contributed by atoms with E-state index in [0.29, 0.717) is 30.5 Å². The standard InChI is InChI=1S/C28H30N2O4S/c1-2-18-30(35(32,33)27-16-8-13-24-12-6-7-15-26(24)27)22-28(31)29(21-25-14-9-20-34-25)19-17-23-10-4-3-5-11-23/h3-16,20H,2,17-19,21-22H2,1H3. The highest BCUT2D eigenvalue weighted by atomic mass is 32.2. The van der Waals surface area contributed by atoms with Crippen LogP contribution in [-0.4, -0.2) is 43.2 Å². The number of hydrogen-bond donors (Lipinski definition) is 0. The molecule has 0 atom stereocenters. The van der Waals surface area contributed by atoms with Crippen LogP contribution in [-0.2, 0) is 27.8 Å². The van der Waals surface area contributed by atoms with E-state index in [2.05, 4.69) is 0 Å². The zero-order valence-electron chi connectivity index (χ0n) is 19.8. The first-order valence-corrected chi connectivity index (χ1v) is 13.2. The number of carbonyl (C=O) groups is 1. The summed E-state index contributed by atoms with van der Waals surface area (Å²) in [6.07, 6.45) is 2.83. The Kier molecular flexibility index (Phi) is 8.00. The molecule has 0 unspecified atom stereocenters. The van der Waals surface area contributed by atoms with Gasteiger partial charge in [0.15, 0.2) is 0 Å². The summed E-state index contributed by atoms with van der Waals surface area (Å²) in [5.41, 5.74) is 1.11. The van der Waals surface area contributed by atoms with Gasteiger partial charge < -0.3 is 9.32 Å². The predicted octanol–water partition coefficient (Wildman–Crippen LogP) is 5.11. The lowest BCUT2D eigenvalue weighted by molar-refractivity contribution is -0.132. The molecule has 0 aliphatic heterocycles. The summed E-state index contributed by atoms with van der Waals surface area (Å²) in [6.45, 7) is 2.68. The van der Waals surface area contributed by atoms with Crippen molar-refractivity contribution in [3.05, 3.63) is 103 Å². The molecule has 0 spiro atoms. The van der Waals surface area contributed by atoms with Crippen LogP contribution in [0.25, 0.3) is 10.8 Å². The van der Waals surface area contributed by atoms with Crippen molar-refractivity contribution in [1.29, 1.82) is 0 Å². The first kappa shape index (κ1) is 24.7. The van der Waals surface area contributed by atoms with E-state index in [0.717, 1.165) is 10.9 Å². The van der Waals surface area contributed by atoms with Crippen molar-refractivity contribution in [2.75, 3.05) is 19.6 Å². The van der Waals surface area contributed by atoms with E-state index in [1.165, 1.54) is 4.31 Å². The lowest BCUT2D eigenvalue weighted by Crippen LogP contribution is -2.43. The average Bonchev–Trinajstić information content (AvgIpc) is 3.39. The van der Waals surface area contributed by atoms with Gasteiger partial charge in [-0.1, -0.05) is 73.7 Å². The summed E-state index contributed by atoms with van der Waals surface area (Å²) < 4.78 is 34.2. The Bertz CT molecular complexity index is 1350. The first-order valence-electron chi connectivity index (χ1n) is 11.8. The highest BCUT2D eigenvalue weighted by Gasteiger charge is 2.29. The van der Waals surface area contributed by atoms with Crippen LogP contribution in [0.1, 0.15) is 24.7 Å². The second kappa shape index (κ2) is 11.3. The lowest BCUT2D eigenvalue weighted by atomic mass is 10.1. The summed E-state index contributed by atoms with van der Waals surface area (Å²) in [7, 11) is -3.89. The maximum Gasteiger partial charge on any atom is 0.244 e. The molecule has 4 aromatic rings. The Hall–Kier alpha value is -3.42. The van der Waals surface area contributed by atoms with E-state index in [1.807, 2.05) is 67.6 Å². The normalized spacial score (nSPS) is 11.7. The highest BCUT2D eigenvalue weighted by Crippen LogP contribution is 2.26. The molecule has 0 fully saturated rings. The van der Waals surface area contributed by atoms with E-state index in [-0.39, 0.29) is 30.4 Å². The number of furan rings is 1. The van der Waals surface area contributed by atoms with Gasteiger partial charge in [-0.25, -0.2) is 8.42 Å². The minimum absolute atomic E-state index is 0.221. The molecule has 6 nitrogen and oxygen atoms in total. The van der Waals surface area contributed by atoms with Crippen LogP contribution in [0.15, 0.2) is 101 Å². The van der Waals surface area contributed by atoms with Crippen molar-refractivity contribution in [1.82, 2.24) is 9.21 Å². The molecule has 0 radical (unpaired) electrons. The molecule has 0 aliphatic carbocycles. The Labute approximate surface area is 206 Å². The second-order valence-electron chi connectivity index (χ2n) is 8.45. The fraction of sp³-hybridized carbons (Fsp3) is 0.250. The van der Waals surface area contributed by atoms with Gasteiger partial charge in [0.05, 0.1) is 24.2 Å². The Balaban J connectivity index is 1.59. The van der Waals surface area contributed by atoms with Gasteiger partial charge in [-0.3, -0.25) is 4.79 Å². The zero-order chi connectivity index (χ0) is 24.7. The highest BCUT2D eigenvalue weighted by molar-refractivity contribution is 7.89. The van der Waals surface area contributed by atoms with Gasteiger partial charge >= 0.3 is 0 Å². The van der Waals surface area contributed by atoms with Crippen LogP contribution in [0.5, 0.6) is 0 Å². The minimum Gasteiger partial charge on any atom is -0.467 e. The van der Waals surface area contributed by atoms with Crippen LogP contribution in [0.3, 0.4) is 0 Å². The number of benzene rings is 3. The van der Waals surface area contributed by atoms with Crippen LogP contribution in [0.2, 0.25) is 0 Å². The maximum absolute atomic E-state index is 13.7. The molecule has 0 saturated heterocycles. The van der Waals surface area contributed by atoms with Crippen LogP contribution < -0.4 is 0 Å². The Morgan fingerprint density at radius 1 is 0.857 bits per heavy atom. The fourth-order valence-corrected chi connectivity index (χ4v) is 5.83. The van der Waals surface area contributed by atoms with Crippen molar-refractivity contribution < 1.29 is 17.6 Å². The van der Waals surface area contributed by atoms with Crippen molar-refractivity contribution in [3.63, 3.8) is 0 Å². The van der Waals surface area contributed by atoms with Crippen LogP contribution in [0, 0.1) is 0 Å². The molecule has 3 aromatic carbocycles. The summed E-state index contributed by atoms with van der Waals surface area (Å²) in [6, 6.07) is 26.2. The molecule has 4 rings (SSSR count). The number of hydrogen-bond acceptors (Lipinski definition) is 4. The summed E-state index contributed by atoms with van der Waals surface area (Å²) >= 11 is 0. The van der Waals surface area contributed by atoms with E-state index < -0.39 is 10.0 Å². The third kappa shape index (κ3) is 5.99. The Morgan fingerprint density at radius 3 is 2.34 bits per heavy atom. The van der Waals surface area contributed by atoms with E-state index in [1.54, 1.807) is 35.4 Å². The molecular formula is C28H30N2O4S. The molecule has 1 aromatic heterocycles. The maximum atomic E-state index is 13.7. The van der Waals surface area contributed by atoms with Gasteiger partial charge in [-0.05, 0) is 42.0 Å². The average molecular weight is 491 g/mol. The third-order valence-electron chi connectivity index (χ3n) is 5.94. The molecule has 1 amide bonds. The summed E-state index contributed by atoms with van der Waals surface area (Å²) in [5, 5.41) is 1.50. The van der Waals surface area contributed by atoms with E-state index in [4.69, 9.17) is 4.42 Å². The second-order valence-corrected chi connectivity index (χ2v) is 10.4. The molecule has 0 aliphatic rings. The summed E-state index contributed by atoms with van der Waals surface area (Å²) in [4.78, 5) is 15.4. The monoisotopic (exact) mass is 490 g/mol. The topological polar surface area (TPSA) is 70.8 Å². The number of sulfonamides is 1. The number of nitrogens with zero attached hydrogens (tertiary/aromatic N) is 2. The number of rotatable bonds is 11. The number of amides is 1. The molecule has 0 saturated carbocycles. The third-order valence-corrected chi connectivity index (χ3v) is 7.85. The molecule has 7 heteroatoms. The van der Waals surface area contributed by atoms with Gasteiger partial charge in [0.25, 0.3) is 0 Å². The molecule has 1 heterocycles. The van der Waals surface area contributed by atoms with Gasteiger partial charge in [0, 0.05) is 18.5 Å². The van der Waals surface area contributed by atoms with E-state index in [9.17, 15) is 13.2 Å². The zero-order valence-corrected chi connectivity index (χ0v) is 20.7. The van der Waals surface area contributed by atoms with E-state index >= 15 is 0 Å². The van der Waals surface area contributed by atoms with Gasteiger partial charge in [-0.15, -0.1) is 0 Å². The molecule has 0 N–H and O–H groups in total. The van der Waals surface area contributed by atoms with Gasteiger partial charge in [0.1, 0.15) is 5.76 Å². The lowest BCUT2D eigenvalue weighted by Gasteiger charge is -2.27. The number of fused-ring (bicyclic) bond motifs is 1. The molecule has 0 bridgehead atoms. The van der Waals surface area contributed by atoms with Crippen molar-refractivity contribution >= 4 is 26.7 Å². The van der Waals surface area contributed by atoms with Gasteiger partial charge in [-0.2, -0.15) is 4.31 Å². The fourth-order valence-electron chi connectivity index (χ4n) is 4.14.